The fraction of sp³-hybridized carbons (Fsp3) is 0. The number of primary amides is 1. The molecule has 0 fully saturated rings. The van der Waals surface area contributed by atoms with E-state index in [0.717, 1.165) is 15.9 Å². The second-order valence-corrected chi connectivity index (χ2v) is 3.28. The van der Waals surface area contributed by atoms with Gasteiger partial charge in [-0.1, -0.05) is 0 Å². The van der Waals surface area contributed by atoms with Crippen molar-refractivity contribution >= 4 is 33.3 Å². The zero-order valence-electron chi connectivity index (χ0n) is 6.08. The molecule has 0 aliphatic heterocycles. The summed E-state index contributed by atoms with van der Waals surface area (Å²) >= 11 is 0. The highest BCUT2D eigenvalue weighted by Gasteiger charge is 2.05. The lowest BCUT2D eigenvalue weighted by Gasteiger charge is -2.01. The number of halogens is 1. The van der Waals surface area contributed by atoms with Gasteiger partial charge in [0.15, 0.2) is 0 Å². The Balaban J connectivity index is 3.12. The van der Waals surface area contributed by atoms with Gasteiger partial charge in [0, 0.05) is 10.6 Å². The minimum absolute atomic E-state index is 0.324. The molecule has 0 unspecified atom stereocenters. The van der Waals surface area contributed by atoms with Crippen LogP contribution in [0.25, 0.3) is 0 Å². The van der Waals surface area contributed by atoms with Crippen molar-refractivity contribution in [1.29, 1.82) is 0 Å². The number of rotatable bonds is 2. The largest absolute Gasteiger partial charge is 0.398 e. The number of nitrogens with two attached hydrogens (primary N) is 2. The molecule has 1 rings (SSSR count). The molecule has 1 aromatic carbocycles. The number of anilines is 1. The second kappa shape index (κ2) is 3.69. The van der Waals surface area contributed by atoms with Crippen molar-refractivity contribution in [1.82, 2.24) is 0 Å². The van der Waals surface area contributed by atoms with Gasteiger partial charge >= 0.3 is 0 Å². The van der Waals surface area contributed by atoms with Crippen LogP contribution in [-0.2, 0) is 0 Å². The van der Waals surface area contributed by atoms with Gasteiger partial charge in [0.2, 0.25) is 0 Å². The molecule has 0 saturated carbocycles. The van der Waals surface area contributed by atoms with E-state index in [-0.39, 0.29) is 0 Å². The summed E-state index contributed by atoms with van der Waals surface area (Å²) in [6, 6.07) is 4.86. The lowest BCUT2D eigenvalue weighted by atomic mass is 10.2. The van der Waals surface area contributed by atoms with Crippen molar-refractivity contribution in [2.75, 3.05) is 5.73 Å². The van der Waals surface area contributed by atoms with Crippen LogP contribution < -0.4 is 11.5 Å². The molecule has 0 aliphatic rings. The summed E-state index contributed by atoms with van der Waals surface area (Å²) in [4.78, 5) is 11.5. The van der Waals surface area contributed by atoms with E-state index < -0.39 is 5.91 Å². The standard InChI is InChI=1S/C7H7ClN2OS/c8-12-4-1-2-5(7(10)11)6(9)3-4/h1-3H,9H2,(H2,10,11). The third-order valence-corrected chi connectivity index (χ3v) is 2.34. The van der Waals surface area contributed by atoms with E-state index in [4.69, 9.17) is 22.1 Å². The first-order valence-electron chi connectivity index (χ1n) is 3.13. The number of amides is 1. The number of hydrogen-bond donors (Lipinski definition) is 2. The first-order valence-corrected chi connectivity index (χ1v) is 4.77. The van der Waals surface area contributed by atoms with Gasteiger partial charge < -0.3 is 11.5 Å². The van der Waals surface area contributed by atoms with E-state index in [1.165, 1.54) is 0 Å². The van der Waals surface area contributed by atoms with Crippen LogP contribution >= 0.6 is 21.7 Å². The van der Waals surface area contributed by atoms with Crippen LogP contribution in [0.4, 0.5) is 5.69 Å². The van der Waals surface area contributed by atoms with Gasteiger partial charge in [0.1, 0.15) is 0 Å². The highest BCUT2D eigenvalue weighted by atomic mass is 35.7. The Bertz CT molecular complexity index is 316. The maximum atomic E-state index is 10.7. The fourth-order valence-corrected chi connectivity index (χ4v) is 1.39. The van der Waals surface area contributed by atoms with Gasteiger partial charge in [-0.15, -0.1) is 0 Å². The van der Waals surface area contributed by atoms with E-state index in [1.807, 2.05) is 0 Å². The Morgan fingerprint density at radius 1 is 1.50 bits per heavy atom. The molecule has 5 heteroatoms. The monoisotopic (exact) mass is 202 g/mol. The van der Waals surface area contributed by atoms with E-state index in [1.54, 1.807) is 18.2 Å². The SMILES string of the molecule is NC(=O)c1ccc(SCl)cc1N. The maximum Gasteiger partial charge on any atom is 0.250 e. The first-order chi connectivity index (χ1) is 5.65. The van der Waals surface area contributed by atoms with Gasteiger partial charge in [-0.05, 0) is 39.9 Å². The molecule has 12 heavy (non-hydrogen) atoms. The molecule has 4 N–H and O–H groups in total. The number of carbonyl (C=O) groups excluding carboxylic acids is 1. The molecular formula is C7H7ClN2OS. The molecule has 0 aliphatic carbocycles. The van der Waals surface area contributed by atoms with Crippen LogP contribution in [0.1, 0.15) is 10.4 Å². The molecule has 0 atom stereocenters. The average Bonchev–Trinajstić information content (AvgIpc) is 2.03. The van der Waals surface area contributed by atoms with E-state index >= 15 is 0 Å². The van der Waals surface area contributed by atoms with Gasteiger partial charge in [-0.2, -0.15) is 0 Å². The third-order valence-electron chi connectivity index (χ3n) is 1.38. The smallest absolute Gasteiger partial charge is 0.250 e. The summed E-state index contributed by atoms with van der Waals surface area (Å²) in [6.07, 6.45) is 0. The zero-order valence-corrected chi connectivity index (χ0v) is 7.65. The van der Waals surface area contributed by atoms with Crippen molar-refractivity contribution in [2.45, 2.75) is 4.90 Å². The molecular weight excluding hydrogens is 196 g/mol. The second-order valence-electron chi connectivity index (χ2n) is 2.19. The summed E-state index contributed by atoms with van der Waals surface area (Å²) < 4.78 is 0. The van der Waals surface area contributed by atoms with Gasteiger partial charge in [-0.25, -0.2) is 0 Å². The first kappa shape index (κ1) is 9.22. The van der Waals surface area contributed by atoms with E-state index in [0.29, 0.717) is 11.3 Å². The van der Waals surface area contributed by atoms with Gasteiger partial charge in [-0.3, -0.25) is 4.79 Å². The molecule has 0 heterocycles. The van der Waals surface area contributed by atoms with E-state index in [2.05, 4.69) is 0 Å². The van der Waals surface area contributed by atoms with Crippen molar-refractivity contribution in [3.05, 3.63) is 23.8 Å². The van der Waals surface area contributed by atoms with Crippen LogP contribution in [0.15, 0.2) is 23.1 Å². The predicted molar refractivity (Wildman–Crippen MR) is 51.1 cm³/mol. The summed E-state index contributed by atoms with van der Waals surface area (Å²) in [5.74, 6) is -0.529. The topological polar surface area (TPSA) is 69.1 Å². The quantitative estimate of drug-likeness (QED) is 0.716. The maximum absolute atomic E-state index is 10.7. The van der Waals surface area contributed by atoms with E-state index in [9.17, 15) is 4.79 Å². The van der Waals surface area contributed by atoms with Crippen molar-refractivity contribution < 1.29 is 4.79 Å². The van der Waals surface area contributed by atoms with Crippen LogP contribution in [0.2, 0.25) is 0 Å². The lowest BCUT2D eigenvalue weighted by molar-refractivity contribution is 0.100. The predicted octanol–water partition coefficient (Wildman–Crippen LogP) is 1.61. The molecule has 0 saturated heterocycles. The molecule has 0 bridgehead atoms. The van der Waals surface area contributed by atoms with Crippen LogP contribution in [-0.4, -0.2) is 5.91 Å². The van der Waals surface area contributed by atoms with Crippen LogP contribution in [0.5, 0.6) is 0 Å². The summed E-state index contributed by atoms with van der Waals surface area (Å²) in [5, 5.41) is 0. The number of carbonyl (C=O) groups is 1. The minimum atomic E-state index is -0.529. The van der Waals surface area contributed by atoms with Crippen LogP contribution in [0.3, 0.4) is 0 Å². The van der Waals surface area contributed by atoms with Crippen LogP contribution in [0, 0.1) is 0 Å². The summed E-state index contributed by atoms with van der Waals surface area (Å²) in [5.41, 5.74) is 11.3. The van der Waals surface area contributed by atoms with Crippen molar-refractivity contribution in [2.24, 2.45) is 5.73 Å². The Hall–Kier alpha value is -0.870. The highest BCUT2D eigenvalue weighted by molar-refractivity contribution is 8.21. The average molecular weight is 203 g/mol. The number of benzene rings is 1. The fourth-order valence-electron chi connectivity index (χ4n) is 0.813. The Labute approximate surface area is 78.6 Å². The Morgan fingerprint density at radius 2 is 2.17 bits per heavy atom. The van der Waals surface area contributed by atoms with Gasteiger partial charge in [0.25, 0.3) is 5.91 Å². The van der Waals surface area contributed by atoms with Crippen molar-refractivity contribution in [3.63, 3.8) is 0 Å². The summed E-state index contributed by atoms with van der Waals surface area (Å²) in [7, 11) is 6.52. The zero-order chi connectivity index (χ0) is 9.14. The van der Waals surface area contributed by atoms with Gasteiger partial charge in [0.05, 0.1) is 5.56 Å². The molecule has 0 aromatic heterocycles. The third kappa shape index (κ3) is 1.84. The normalized spacial score (nSPS) is 9.75. The highest BCUT2D eigenvalue weighted by Crippen LogP contribution is 2.25. The molecule has 1 amide bonds. The molecule has 64 valence electrons. The number of hydrogen-bond acceptors (Lipinski definition) is 3. The molecule has 0 spiro atoms. The van der Waals surface area contributed by atoms with Crippen molar-refractivity contribution in [3.8, 4) is 0 Å². The number of nitrogen functional groups attached to an aromatic ring is 1. The molecule has 1 aromatic rings. The summed E-state index contributed by atoms with van der Waals surface area (Å²) in [6.45, 7) is 0. The molecule has 0 radical (unpaired) electrons. The Kier molecular flexibility index (Phi) is 2.83. The molecule has 3 nitrogen and oxygen atoms in total. The Morgan fingerprint density at radius 3 is 2.58 bits per heavy atom. The lowest BCUT2D eigenvalue weighted by Crippen LogP contribution is -2.13. The minimum Gasteiger partial charge on any atom is -0.398 e.